The second-order valence-corrected chi connectivity index (χ2v) is 8.06. The van der Waals surface area contributed by atoms with Crippen LogP contribution in [0.5, 0.6) is 5.75 Å². The fraction of sp³-hybridized carbons (Fsp3) is 0.640. The molecule has 1 aliphatic carbocycles. The van der Waals surface area contributed by atoms with Crippen molar-refractivity contribution in [1.29, 1.82) is 0 Å². The van der Waals surface area contributed by atoms with Crippen LogP contribution in [0.4, 0.5) is 0 Å². The number of carbonyl (C=O) groups is 1. The Morgan fingerprint density at radius 2 is 1.61 bits per heavy atom. The van der Waals surface area contributed by atoms with Gasteiger partial charge < -0.3 is 9.84 Å². The molecule has 0 radical (unpaired) electrons. The van der Waals surface area contributed by atoms with Crippen LogP contribution in [0.25, 0.3) is 5.57 Å². The van der Waals surface area contributed by atoms with E-state index in [4.69, 9.17) is 4.74 Å². The van der Waals surface area contributed by atoms with E-state index in [-0.39, 0.29) is 0 Å². The molecule has 0 fully saturated rings. The van der Waals surface area contributed by atoms with E-state index in [0.29, 0.717) is 12.2 Å². The summed E-state index contributed by atoms with van der Waals surface area (Å²) in [4.78, 5) is 11.6. The van der Waals surface area contributed by atoms with E-state index in [1.807, 2.05) is 12.1 Å². The van der Waals surface area contributed by atoms with Gasteiger partial charge in [0.1, 0.15) is 5.75 Å². The van der Waals surface area contributed by atoms with E-state index in [9.17, 15) is 9.90 Å². The molecule has 1 aromatic carbocycles. The van der Waals surface area contributed by atoms with Crippen molar-refractivity contribution in [2.45, 2.75) is 103 Å². The van der Waals surface area contributed by atoms with Crippen LogP contribution < -0.4 is 4.74 Å². The van der Waals surface area contributed by atoms with Gasteiger partial charge in [-0.1, -0.05) is 76.5 Å². The van der Waals surface area contributed by atoms with Crippen molar-refractivity contribution in [3.8, 4) is 5.75 Å². The minimum Gasteiger partial charge on any atom is -0.479 e. The molecule has 1 aromatic rings. The number of unbranched alkanes of at least 4 members (excludes halogenated alkanes) is 8. The molecule has 1 aliphatic rings. The Kier molecular flexibility index (Phi) is 10.8. The maximum absolute atomic E-state index is 11.6. The van der Waals surface area contributed by atoms with Gasteiger partial charge in [-0.05, 0) is 61.8 Å². The van der Waals surface area contributed by atoms with Gasteiger partial charge in [-0.2, -0.15) is 0 Å². The molecule has 1 atom stereocenters. The Morgan fingerprint density at radius 1 is 0.964 bits per heavy atom. The predicted molar refractivity (Wildman–Crippen MR) is 117 cm³/mol. The molecular weight excluding hydrogens is 348 g/mol. The van der Waals surface area contributed by atoms with E-state index in [0.717, 1.165) is 25.7 Å². The first-order chi connectivity index (χ1) is 13.7. The molecule has 0 aromatic heterocycles. The molecule has 3 nitrogen and oxygen atoms in total. The Hall–Kier alpha value is -1.77. The quantitative estimate of drug-likeness (QED) is 0.339. The SMILES string of the molecule is CCCCCCCCCCCC(Oc1ccc(C2=CCCCC2)cc1)C(=O)O. The van der Waals surface area contributed by atoms with Gasteiger partial charge in [-0.15, -0.1) is 0 Å². The Labute approximate surface area is 171 Å². The monoisotopic (exact) mass is 386 g/mol. The minimum atomic E-state index is -0.862. The first-order valence-corrected chi connectivity index (χ1v) is 11.4. The molecule has 0 saturated carbocycles. The van der Waals surface area contributed by atoms with Crippen molar-refractivity contribution < 1.29 is 14.6 Å². The molecule has 0 saturated heterocycles. The molecule has 0 heterocycles. The standard InChI is InChI=1S/C25H38O3/c1-2-3-4-5-6-7-8-9-13-16-24(25(26)27)28-23-19-17-22(18-20-23)21-14-11-10-12-15-21/h14,17-20,24H,2-13,15-16H2,1H3,(H,26,27). The van der Waals surface area contributed by atoms with Gasteiger partial charge in [-0.3, -0.25) is 0 Å². The molecule has 156 valence electrons. The molecule has 2 rings (SSSR count). The summed E-state index contributed by atoms with van der Waals surface area (Å²) in [7, 11) is 0. The summed E-state index contributed by atoms with van der Waals surface area (Å²) < 4.78 is 5.77. The van der Waals surface area contributed by atoms with Crippen LogP contribution in [-0.2, 0) is 4.79 Å². The second kappa shape index (κ2) is 13.4. The number of carboxylic acid groups (broad SMARTS) is 1. The topological polar surface area (TPSA) is 46.5 Å². The summed E-state index contributed by atoms with van der Waals surface area (Å²) in [5.74, 6) is -0.206. The van der Waals surface area contributed by atoms with Gasteiger partial charge >= 0.3 is 5.97 Å². The number of hydrogen-bond acceptors (Lipinski definition) is 2. The number of rotatable bonds is 14. The van der Waals surface area contributed by atoms with E-state index >= 15 is 0 Å². The van der Waals surface area contributed by atoms with Gasteiger partial charge in [0.2, 0.25) is 0 Å². The first kappa shape index (κ1) is 22.5. The molecular formula is C25H38O3. The van der Waals surface area contributed by atoms with Crippen LogP contribution in [0, 0.1) is 0 Å². The molecule has 0 amide bonds. The predicted octanol–water partition coefficient (Wildman–Crippen LogP) is 7.40. The lowest BCUT2D eigenvalue weighted by Gasteiger charge is -2.16. The Bertz CT molecular complexity index is 588. The Balaban J connectivity index is 1.69. The normalized spacial score (nSPS) is 15.1. The summed E-state index contributed by atoms with van der Waals surface area (Å²) in [6, 6.07) is 7.95. The van der Waals surface area contributed by atoms with Crippen molar-refractivity contribution in [2.75, 3.05) is 0 Å². The number of allylic oxidation sites excluding steroid dienone is 2. The summed E-state index contributed by atoms with van der Waals surface area (Å²) in [6.45, 7) is 2.24. The highest BCUT2D eigenvalue weighted by Gasteiger charge is 2.19. The van der Waals surface area contributed by atoms with Crippen molar-refractivity contribution >= 4 is 11.5 Å². The van der Waals surface area contributed by atoms with Crippen molar-refractivity contribution in [1.82, 2.24) is 0 Å². The Morgan fingerprint density at radius 3 is 2.18 bits per heavy atom. The van der Waals surface area contributed by atoms with Crippen molar-refractivity contribution in [3.63, 3.8) is 0 Å². The van der Waals surface area contributed by atoms with E-state index in [2.05, 4.69) is 25.1 Å². The third-order valence-electron chi connectivity index (χ3n) is 5.64. The lowest BCUT2D eigenvalue weighted by molar-refractivity contribution is -0.145. The van der Waals surface area contributed by atoms with Crippen LogP contribution in [-0.4, -0.2) is 17.2 Å². The van der Waals surface area contributed by atoms with Gasteiger partial charge in [0.05, 0.1) is 0 Å². The second-order valence-electron chi connectivity index (χ2n) is 8.06. The smallest absolute Gasteiger partial charge is 0.344 e. The number of hydrogen-bond donors (Lipinski definition) is 1. The zero-order chi connectivity index (χ0) is 20.0. The summed E-state index contributed by atoms with van der Waals surface area (Å²) in [5.41, 5.74) is 2.64. The van der Waals surface area contributed by atoms with Crippen LogP contribution in [0.1, 0.15) is 102 Å². The zero-order valence-electron chi connectivity index (χ0n) is 17.6. The van der Waals surface area contributed by atoms with Gasteiger partial charge in [0.25, 0.3) is 0 Å². The molecule has 0 spiro atoms. The number of benzene rings is 1. The van der Waals surface area contributed by atoms with Gasteiger partial charge in [0, 0.05) is 0 Å². The average molecular weight is 387 g/mol. The van der Waals surface area contributed by atoms with Crippen molar-refractivity contribution in [2.24, 2.45) is 0 Å². The minimum absolute atomic E-state index is 0.581. The lowest BCUT2D eigenvalue weighted by atomic mass is 9.94. The largest absolute Gasteiger partial charge is 0.479 e. The zero-order valence-corrected chi connectivity index (χ0v) is 17.6. The van der Waals surface area contributed by atoms with Gasteiger partial charge in [0.15, 0.2) is 6.10 Å². The lowest BCUT2D eigenvalue weighted by Crippen LogP contribution is -2.26. The molecule has 3 heteroatoms. The maximum Gasteiger partial charge on any atom is 0.344 e. The van der Waals surface area contributed by atoms with Crippen LogP contribution >= 0.6 is 0 Å². The molecule has 1 unspecified atom stereocenters. The fourth-order valence-electron chi connectivity index (χ4n) is 3.89. The molecule has 1 N–H and O–H groups in total. The third kappa shape index (κ3) is 8.50. The molecule has 0 bridgehead atoms. The molecule has 28 heavy (non-hydrogen) atoms. The van der Waals surface area contributed by atoms with Crippen LogP contribution in [0.2, 0.25) is 0 Å². The van der Waals surface area contributed by atoms with E-state index in [1.54, 1.807) is 0 Å². The van der Waals surface area contributed by atoms with E-state index < -0.39 is 12.1 Å². The average Bonchev–Trinajstić information content (AvgIpc) is 2.72. The van der Waals surface area contributed by atoms with Crippen molar-refractivity contribution in [3.05, 3.63) is 35.9 Å². The summed E-state index contributed by atoms with van der Waals surface area (Å²) >= 11 is 0. The number of carboxylic acids is 1. The van der Waals surface area contributed by atoms with Gasteiger partial charge in [-0.25, -0.2) is 4.79 Å². The number of aliphatic carboxylic acids is 1. The first-order valence-electron chi connectivity index (χ1n) is 11.4. The maximum atomic E-state index is 11.6. The highest BCUT2D eigenvalue weighted by Crippen LogP contribution is 2.28. The highest BCUT2D eigenvalue weighted by atomic mass is 16.5. The summed E-state index contributed by atoms with van der Waals surface area (Å²) in [5, 5.41) is 9.48. The van der Waals surface area contributed by atoms with Crippen LogP contribution in [0.3, 0.4) is 0 Å². The van der Waals surface area contributed by atoms with Crippen LogP contribution in [0.15, 0.2) is 30.3 Å². The summed E-state index contributed by atoms with van der Waals surface area (Å²) in [6.07, 6.45) is 18.1. The number of ether oxygens (including phenoxy) is 1. The van der Waals surface area contributed by atoms with E-state index in [1.165, 1.54) is 68.9 Å². The highest BCUT2D eigenvalue weighted by molar-refractivity contribution is 5.73. The third-order valence-corrected chi connectivity index (χ3v) is 5.64. The fourth-order valence-corrected chi connectivity index (χ4v) is 3.89. The molecule has 0 aliphatic heterocycles.